The fourth-order valence-electron chi connectivity index (χ4n) is 1.95. The van der Waals surface area contributed by atoms with Crippen LogP contribution in [0.15, 0.2) is 12.7 Å². The summed E-state index contributed by atoms with van der Waals surface area (Å²) in [6.07, 6.45) is 4.85. The molecule has 4 N–H and O–H groups in total. The van der Waals surface area contributed by atoms with Crippen molar-refractivity contribution in [2.75, 3.05) is 0 Å². The standard InChI is InChI=1S/C9H16N2O/c1-2-4-9(8(11)12)5-3-7(10)6-9/h2,7H,1,3-6,10H2,(H2,11,12). The van der Waals surface area contributed by atoms with E-state index in [0.717, 1.165) is 12.8 Å². The van der Waals surface area contributed by atoms with Crippen molar-refractivity contribution in [2.45, 2.75) is 31.7 Å². The SMILES string of the molecule is C=CCC1(C(N)=O)CCC(N)C1. The van der Waals surface area contributed by atoms with Crippen LogP contribution in [0.25, 0.3) is 0 Å². The first-order valence-electron chi connectivity index (χ1n) is 4.27. The molecule has 1 saturated carbocycles. The minimum Gasteiger partial charge on any atom is -0.369 e. The molecule has 2 atom stereocenters. The highest BCUT2D eigenvalue weighted by atomic mass is 16.1. The number of amides is 1. The van der Waals surface area contributed by atoms with Crippen molar-refractivity contribution in [1.29, 1.82) is 0 Å². The van der Waals surface area contributed by atoms with Crippen LogP contribution in [0, 0.1) is 5.41 Å². The first-order chi connectivity index (χ1) is 5.60. The van der Waals surface area contributed by atoms with E-state index in [9.17, 15) is 4.79 Å². The van der Waals surface area contributed by atoms with Gasteiger partial charge in [-0.3, -0.25) is 4.79 Å². The zero-order chi connectivity index (χ0) is 9.19. The van der Waals surface area contributed by atoms with Crippen molar-refractivity contribution in [3.05, 3.63) is 12.7 Å². The van der Waals surface area contributed by atoms with Crippen molar-refractivity contribution in [3.63, 3.8) is 0 Å². The number of primary amides is 1. The maximum atomic E-state index is 11.2. The summed E-state index contributed by atoms with van der Waals surface area (Å²) in [7, 11) is 0. The molecule has 1 aliphatic carbocycles. The van der Waals surface area contributed by atoms with Gasteiger partial charge in [0, 0.05) is 6.04 Å². The lowest BCUT2D eigenvalue weighted by Crippen LogP contribution is -2.35. The van der Waals surface area contributed by atoms with Gasteiger partial charge < -0.3 is 11.5 Å². The Bertz CT molecular complexity index is 203. The molecule has 0 spiro atoms. The second-order valence-electron chi connectivity index (χ2n) is 3.64. The van der Waals surface area contributed by atoms with Crippen LogP contribution in [-0.2, 0) is 4.79 Å². The molecule has 2 unspecified atom stereocenters. The average Bonchev–Trinajstić information content (AvgIpc) is 2.34. The van der Waals surface area contributed by atoms with Crippen LogP contribution < -0.4 is 11.5 Å². The second-order valence-corrected chi connectivity index (χ2v) is 3.64. The molecular weight excluding hydrogens is 152 g/mol. The van der Waals surface area contributed by atoms with Crippen molar-refractivity contribution in [2.24, 2.45) is 16.9 Å². The first-order valence-corrected chi connectivity index (χ1v) is 4.27. The topological polar surface area (TPSA) is 69.1 Å². The monoisotopic (exact) mass is 168 g/mol. The van der Waals surface area contributed by atoms with Gasteiger partial charge in [0.15, 0.2) is 0 Å². The quantitative estimate of drug-likeness (QED) is 0.604. The molecule has 3 nitrogen and oxygen atoms in total. The van der Waals surface area contributed by atoms with Crippen LogP contribution >= 0.6 is 0 Å². The van der Waals surface area contributed by atoms with Crippen molar-refractivity contribution < 1.29 is 4.79 Å². The molecule has 12 heavy (non-hydrogen) atoms. The lowest BCUT2D eigenvalue weighted by Gasteiger charge is -2.23. The van der Waals surface area contributed by atoms with Gasteiger partial charge in [-0.05, 0) is 25.7 Å². The number of rotatable bonds is 3. The van der Waals surface area contributed by atoms with Gasteiger partial charge in [0.25, 0.3) is 0 Å². The van der Waals surface area contributed by atoms with Gasteiger partial charge in [-0.1, -0.05) is 6.08 Å². The summed E-state index contributed by atoms with van der Waals surface area (Å²) in [5.74, 6) is -0.227. The zero-order valence-corrected chi connectivity index (χ0v) is 7.25. The summed E-state index contributed by atoms with van der Waals surface area (Å²) in [5, 5.41) is 0. The Labute approximate surface area is 72.8 Å². The maximum absolute atomic E-state index is 11.2. The first kappa shape index (κ1) is 9.26. The molecular formula is C9H16N2O. The predicted octanol–water partition coefficient (Wildman–Crippen LogP) is 0.545. The largest absolute Gasteiger partial charge is 0.369 e. The lowest BCUT2D eigenvalue weighted by atomic mass is 9.82. The van der Waals surface area contributed by atoms with Gasteiger partial charge in [-0.2, -0.15) is 0 Å². The predicted molar refractivity (Wildman–Crippen MR) is 48.3 cm³/mol. The summed E-state index contributed by atoms with van der Waals surface area (Å²) in [5.41, 5.74) is 10.7. The summed E-state index contributed by atoms with van der Waals surface area (Å²) >= 11 is 0. The molecule has 0 aliphatic heterocycles. The summed E-state index contributed by atoms with van der Waals surface area (Å²) in [4.78, 5) is 11.2. The number of allylic oxidation sites excluding steroid dienone is 1. The Morgan fingerprint density at radius 1 is 1.75 bits per heavy atom. The molecule has 68 valence electrons. The van der Waals surface area contributed by atoms with Gasteiger partial charge >= 0.3 is 0 Å². The third kappa shape index (κ3) is 1.50. The molecule has 0 saturated heterocycles. The van der Waals surface area contributed by atoms with E-state index in [2.05, 4.69) is 6.58 Å². The Morgan fingerprint density at radius 2 is 2.42 bits per heavy atom. The molecule has 0 aromatic heterocycles. The van der Waals surface area contributed by atoms with E-state index in [-0.39, 0.29) is 17.4 Å². The van der Waals surface area contributed by atoms with Crippen molar-refractivity contribution >= 4 is 5.91 Å². The van der Waals surface area contributed by atoms with E-state index in [1.807, 2.05) is 0 Å². The highest BCUT2D eigenvalue weighted by molar-refractivity contribution is 5.81. The van der Waals surface area contributed by atoms with Crippen molar-refractivity contribution in [1.82, 2.24) is 0 Å². The van der Waals surface area contributed by atoms with Crippen LogP contribution in [-0.4, -0.2) is 11.9 Å². The van der Waals surface area contributed by atoms with E-state index in [0.29, 0.717) is 12.8 Å². The fraction of sp³-hybridized carbons (Fsp3) is 0.667. The highest BCUT2D eigenvalue weighted by Crippen LogP contribution is 2.40. The van der Waals surface area contributed by atoms with Crippen molar-refractivity contribution in [3.8, 4) is 0 Å². The molecule has 0 aromatic carbocycles. The maximum Gasteiger partial charge on any atom is 0.224 e. The van der Waals surface area contributed by atoms with E-state index >= 15 is 0 Å². The van der Waals surface area contributed by atoms with Crippen LogP contribution in [0.5, 0.6) is 0 Å². The lowest BCUT2D eigenvalue weighted by molar-refractivity contribution is -0.127. The van der Waals surface area contributed by atoms with E-state index in [1.54, 1.807) is 6.08 Å². The smallest absolute Gasteiger partial charge is 0.224 e. The number of carbonyl (C=O) groups is 1. The average molecular weight is 168 g/mol. The summed E-state index contributed by atoms with van der Waals surface area (Å²) in [6, 6.07) is 0.137. The Hall–Kier alpha value is -0.830. The number of carbonyl (C=O) groups excluding carboxylic acids is 1. The van der Waals surface area contributed by atoms with Gasteiger partial charge in [0.05, 0.1) is 5.41 Å². The number of nitrogens with two attached hydrogens (primary N) is 2. The van der Waals surface area contributed by atoms with Gasteiger partial charge in [0.2, 0.25) is 5.91 Å². The van der Waals surface area contributed by atoms with E-state index in [1.165, 1.54) is 0 Å². The molecule has 0 radical (unpaired) electrons. The molecule has 1 fully saturated rings. The summed E-state index contributed by atoms with van der Waals surface area (Å²) < 4.78 is 0. The minimum absolute atomic E-state index is 0.137. The van der Waals surface area contributed by atoms with Crippen LogP contribution in [0.4, 0.5) is 0 Å². The number of hydrogen-bond donors (Lipinski definition) is 2. The van der Waals surface area contributed by atoms with Crippen LogP contribution in [0.2, 0.25) is 0 Å². The molecule has 0 aromatic rings. The molecule has 1 amide bonds. The Morgan fingerprint density at radius 3 is 2.75 bits per heavy atom. The van der Waals surface area contributed by atoms with Gasteiger partial charge in [-0.25, -0.2) is 0 Å². The third-order valence-electron chi connectivity index (χ3n) is 2.70. The Balaban J connectivity index is 2.74. The molecule has 0 heterocycles. The molecule has 1 rings (SSSR count). The molecule has 1 aliphatic rings. The van der Waals surface area contributed by atoms with Gasteiger partial charge in [-0.15, -0.1) is 6.58 Å². The number of hydrogen-bond acceptors (Lipinski definition) is 2. The highest BCUT2D eigenvalue weighted by Gasteiger charge is 2.41. The fourth-order valence-corrected chi connectivity index (χ4v) is 1.95. The molecule has 0 bridgehead atoms. The minimum atomic E-state index is -0.388. The molecule has 3 heteroatoms. The van der Waals surface area contributed by atoms with E-state index in [4.69, 9.17) is 11.5 Å². The zero-order valence-electron chi connectivity index (χ0n) is 7.25. The second kappa shape index (κ2) is 3.27. The van der Waals surface area contributed by atoms with Crippen LogP contribution in [0.3, 0.4) is 0 Å². The normalized spacial score (nSPS) is 34.9. The van der Waals surface area contributed by atoms with Crippen LogP contribution in [0.1, 0.15) is 25.7 Å². The van der Waals surface area contributed by atoms with E-state index < -0.39 is 0 Å². The van der Waals surface area contributed by atoms with Gasteiger partial charge in [0.1, 0.15) is 0 Å². The summed E-state index contributed by atoms with van der Waals surface area (Å²) in [6.45, 7) is 3.63. The third-order valence-corrected chi connectivity index (χ3v) is 2.70. The Kier molecular flexibility index (Phi) is 2.52.